The smallest absolute Gasteiger partial charge is 0.241 e. The Morgan fingerprint density at radius 1 is 0.838 bits per heavy atom. The van der Waals surface area contributed by atoms with Gasteiger partial charge in [0.2, 0.25) is 5.91 Å². The van der Waals surface area contributed by atoms with Crippen molar-refractivity contribution in [3.05, 3.63) is 82.3 Å². The number of benzene rings is 3. The first-order valence-corrected chi connectivity index (χ1v) is 13.5. The normalized spacial score (nSPS) is 14.7. The molecule has 4 rings (SSSR count). The fourth-order valence-electron chi connectivity index (χ4n) is 4.89. The third-order valence-electron chi connectivity index (χ3n) is 6.83. The van der Waals surface area contributed by atoms with Gasteiger partial charge in [0.1, 0.15) is 0 Å². The minimum Gasteiger partial charge on any atom is -0.378 e. The first-order chi connectivity index (χ1) is 17.7. The maximum Gasteiger partial charge on any atom is 0.241 e. The quantitative estimate of drug-likeness (QED) is 0.312. The Bertz CT molecular complexity index is 1210. The molecule has 1 saturated heterocycles. The average molecular weight is 540 g/mol. The maximum absolute atomic E-state index is 13.7. The zero-order valence-corrected chi connectivity index (χ0v) is 23.6. The van der Waals surface area contributed by atoms with E-state index in [1.54, 1.807) is 12.1 Å². The SMILES string of the molecule is CN(C)CC(=O)N(c1ccc(Cl)c(Cl)c1)C(CN1CCCC1)c1ccc(-c2cccc(N(C)C)c2)cc1. The fraction of sp³-hybridized carbons (Fsp3) is 0.367. The summed E-state index contributed by atoms with van der Waals surface area (Å²) < 4.78 is 0. The summed E-state index contributed by atoms with van der Waals surface area (Å²) in [4.78, 5) is 22.1. The molecule has 0 aliphatic carbocycles. The van der Waals surface area contributed by atoms with Gasteiger partial charge in [0.05, 0.1) is 22.6 Å². The van der Waals surface area contributed by atoms with Gasteiger partial charge in [0.25, 0.3) is 0 Å². The van der Waals surface area contributed by atoms with Gasteiger partial charge in [-0.1, -0.05) is 59.6 Å². The number of carbonyl (C=O) groups excluding carboxylic acids is 1. The van der Waals surface area contributed by atoms with Crippen LogP contribution in [-0.4, -0.2) is 70.1 Å². The molecule has 0 spiro atoms. The van der Waals surface area contributed by atoms with Gasteiger partial charge < -0.3 is 19.6 Å². The molecule has 1 atom stereocenters. The minimum absolute atomic E-state index is 0.0235. The van der Waals surface area contributed by atoms with E-state index < -0.39 is 0 Å². The second-order valence-electron chi connectivity index (χ2n) is 10.2. The topological polar surface area (TPSA) is 30.0 Å². The van der Waals surface area contributed by atoms with Crippen molar-refractivity contribution in [2.75, 3.05) is 64.2 Å². The fourth-order valence-corrected chi connectivity index (χ4v) is 5.18. The molecule has 1 fully saturated rings. The standard InChI is InChI=1S/C30H36Cl2N4O/c1-33(2)21-30(37)36(26-14-15-27(31)28(32)19-26)29(20-35-16-5-6-17-35)23-12-10-22(11-13-23)24-8-7-9-25(18-24)34(3)4/h7-15,18-19,29H,5-6,16-17,20-21H2,1-4H3. The number of hydrogen-bond donors (Lipinski definition) is 0. The molecular weight excluding hydrogens is 503 g/mol. The van der Waals surface area contributed by atoms with Crippen molar-refractivity contribution in [3.8, 4) is 11.1 Å². The molecule has 1 aliphatic heterocycles. The number of likely N-dealkylation sites (tertiary alicyclic amines) is 1. The van der Waals surface area contributed by atoms with E-state index in [4.69, 9.17) is 23.2 Å². The van der Waals surface area contributed by atoms with E-state index in [9.17, 15) is 4.79 Å². The van der Waals surface area contributed by atoms with E-state index in [2.05, 4.69) is 58.3 Å². The molecule has 3 aromatic carbocycles. The van der Waals surface area contributed by atoms with Gasteiger partial charge in [-0.2, -0.15) is 0 Å². The monoisotopic (exact) mass is 538 g/mol. The Morgan fingerprint density at radius 2 is 1.54 bits per heavy atom. The van der Waals surface area contributed by atoms with Crippen LogP contribution in [0.5, 0.6) is 0 Å². The van der Waals surface area contributed by atoms with Crippen molar-refractivity contribution >= 4 is 40.5 Å². The summed E-state index contributed by atoms with van der Waals surface area (Å²) in [6.07, 6.45) is 2.37. The lowest BCUT2D eigenvalue weighted by atomic mass is 9.98. The summed E-state index contributed by atoms with van der Waals surface area (Å²) in [5, 5.41) is 0.920. The van der Waals surface area contributed by atoms with Crippen LogP contribution in [0.25, 0.3) is 11.1 Å². The van der Waals surface area contributed by atoms with E-state index in [-0.39, 0.29) is 11.9 Å². The zero-order valence-electron chi connectivity index (χ0n) is 22.1. The molecular formula is C30H36Cl2N4O. The van der Waals surface area contributed by atoms with Crippen LogP contribution in [0.15, 0.2) is 66.7 Å². The molecule has 3 aromatic rings. The highest BCUT2D eigenvalue weighted by molar-refractivity contribution is 6.42. The number of nitrogens with zero attached hydrogens (tertiary/aromatic N) is 4. The number of rotatable bonds is 9. The number of likely N-dealkylation sites (N-methyl/N-ethyl adjacent to an activating group) is 1. The Hall–Kier alpha value is -2.57. The molecule has 7 heteroatoms. The molecule has 1 aliphatic rings. The summed E-state index contributed by atoms with van der Waals surface area (Å²) in [5.74, 6) is 0.0235. The Morgan fingerprint density at radius 3 is 2.16 bits per heavy atom. The van der Waals surface area contributed by atoms with E-state index >= 15 is 0 Å². The third kappa shape index (κ3) is 6.85. The van der Waals surface area contributed by atoms with Crippen LogP contribution in [0.1, 0.15) is 24.4 Å². The summed E-state index contributed by atoms with van der Waals surface area (Å²) >= 11 is 12.7. The van der Waals surface area contributed by atoms with Gasteiger partial charge in [-0.3, -0.25) is 4.79 Å². The lowest BCUT2D eigenvalue weighted by Gasteiger charge is -2.36. The number of carbonyl (C=O) groups is 1. The molecule has 5 nitrogen and oxygen atoms in total. The van der Waals surface area contributed by atoms with Gasteiger partial charge in [0, 0.05) is 32.0 Å². The van der Waals surface area contributed by atoms with Crippen LogP contribution in [0.3, 0.4) is 0 Å². The summed E-state index contributed by atoms with van der Waals surface area (Å²) in [6.45, 7) is 3.15. The van der Waals surface area contributed by atoms with E-state index in [1.165, 1.54) is 18.4 Å². The predicted octanol–water partition coefficient (Wildman–Crippen LogP) is 6.46. The first-order valence-electron chi connectivity index (χ1n) is 12.7. The van der Waals surface area contributed by atoms with Gasteiger partial charge >= 0.3 is 0 Å². The van der Waals surface area contributed by atoms with Crippen molar-refractivity contribution in [1.29, 1.82) is 0 Å². The maximum atomic E-state index is 13.7. The number of anilines is 2. The number of hydrogen-bond acceptors (Lipinski definition) is 4. The van der Waals surface area contributed by atoms with Crippen LogP contribution >= 0.6 is 23.2 Å². The molecule has 37 heavy (non-hydrogen) atoms. The minimum atomic E-state index is -0.162. The van der Waals surface area contributed by atoms with E-state index in [1.807, 2.05) is 44.1 Å². The molecule has 196 valence electrons. The number of amides is 1. The van der Waals surface area contributed by atoms with Crippen molar-refractivity contribution in [2.24, 2.45) is 0 Å². The summed E-state index contributed by atoms with van der Waals surface area (Å²) in [7, 11) is 7.93. The van der Waals surface area contributed by atoms with Crippen molar-refractivity contribution in [2.45, 2.75) is 18.9 Å². The van der Waals surface area contributed by atoms with Gasteiger partial charge in [-0.15, -0.1) is 0 Å². The van der Waals surface area contributed by atoms with Crippen LogP contribution in [0.4, 0.5) is 11.4 Å². The Labute approximate surface area is 231 Å². The van der Waals surface area contributed by atoms with Crippen LogP contribution in [0, 0.1) is 0 Å². The third-order valence-corrected chi connectivity index (χ3v) is 7.57. The highest BCUT2D eigenvalue weighted by Crippen LogP contribution is 2.35. The summed E-state index contributed by atoms with van der Waals surface area (Å²) in [5.41, 5.74) is 5.33. The van der Waals surface area contributed by atoms with Crippen LogP contribution in [0.2, 0.25) is 10.0 Å². The number of halogens is 2. The average Bonchev–Trinajstić information content (AvgIpc) is 3.39. The first kappa shape index (κ1) is 27.5. The summed E-state index contributed by atoms with van der Waals surface area (Å²) in [6, 6.07) is 22.4. The Kier molecular flexibility index (Phi) is 9.14. The molecule has 1 amide bonds. The zero-order chi connectivity index (χ0) is 26.5. The lowest BCUT2D eigenvalue weighted by molar-refractivity contribution is -0.119. The van der Waals surface area contributed by atoms with Crippen molar-refractivity contribution in [1.82, 2.24) is 9.80 Å². The molecule has 0 bridgehead atoms. The van der Waals surface area contributed by atoms with Gasteiger partial charge in [0.15, 0.2) is 0 Å². The van der Waals surface area contributed by atoms with Gasteiger partial charge in [-0.25, -0.2) is 0 Å². The van der Waals surface area contributed by atoms with E-state index in [0.29, 0.717) is 16.6 Å². The molecule has 0 N–H and O–H groups in total. The predicted molar refractivity (Wildman–Crippen MR) is 157 cm³/mol. The van der Waals surface area contributed by atoms with Crippen molar-refractivity contribution < 1.29 is 4.79 Å². The lowest BCUT2D eigenvalue weighted by Crippen LogP contribution is -2.44. The van der Waals surface area contributed by atoms with Gasteiger partial charge in [-0.05, 0) is 87.0 Å². The second-order valence-corrected chi connectivity index (χ2v) is 11.0. The molecule has 1 heterocycles. The highest BCUT2D eigenvalue weighted by atomic mass is 35.5. The highest BCUT2D eigenvalue weighted by Gasteiger charge is 2.30. The Balaban J connectivity index is 1.74. The molecule has 0 aromatic heterocycles. The van der Waals surface area contributed by atoms with Crippen LogP contribution in [-0.2, 0) is 4.79 Å². The molecule has 0 radical (unpaired) electrons. The second kappa shape index (κ2) is 12.3. The molecule has 0 saturated carbocycles. The van der Waals surface area contributed by atoms with E-state index in [0.717, 1.165) is 42.1 Å². The molecule has 1 unspecified atom stereocenters. The van der Waals surface area contributed by atoms with Crippen molar-refractivity contribution in [3.63, 3.8) is 0 Å². The van der Waals surface area contributed by atoms with Crippen LogP contribution < -0.4 is 9.80 Å². The largest absolute Gasteiger partial charge is 0.378 e.